The number of thiophene rings is 1. The van der Waals surface area contributed by atoms with Gasteiger partial charge in [-0.3, -0.25) is 4.79 Å². The minimum absolute atomic E-state index is 0.284. The van der Waals surface area contributed by atoms with Gasteiger partial charge in [0, 0.05) is 10.4 Å². The maximum atomic E-state index is 12.7. The van der Waals surface area contributed by atoms with E-state index in [2.05, 4.69) is 10.1 Å². The number of ether oxygens (including phenoxy) is 2. The fourth-order valence-electron chi connectivity index (χ4n) is 3.30. The molecule has 0 bridgehead atoms. The summed E-state index contributed by atoms with van der Waals surface area (Å²) in [5.41, 5.74) is 2.26. The average molecular weight is 401 g/mol. The van der Waals surface area contributed by atoms with Crippen LogP contribution in [0, 0.1) is 0 Å². The van der Waals surface area contributed by atoms with Crippen molar-refractivity contribution in [1.82, 2.24) is 0 Å². The number of anilines is 1. The zero-order valence-corrected chi connectivity index (χ0v) is 16.8. The predicted octanol–water partition coefficient (Wildman–Crippen LogP) is 4.23. The number of hydrogen-bond donors (Lipinski definition) is 1. The van der Waals surface area contributed by atoms with E-state index >= 15 is 0 Å². The second-order valence-corrected chi connectivity index (χ2v) is 7.62. The van der Waals surface area contributed by atoms with E-state index < -0.39 is 11.9 Å². The fraction of sp³-hybridized carbons (Fsp3) is 0.381. The van der Waals surface area contributed by atoms with Gasteiger partial charge in [0.05, 0.1) is 24.8 Å². The summed E-state index contributed by atoms with van der Waals surface area (Å²) in [6, 6.07) is 6.20. The van der Waals surface area contributed by atoms with Crippen molar-refractivity contribution in [2.75, 3.05) is 19.0 Å². The Morgan fingerprint density at radius 3 is 2.36 bits per heavy atom. The lowest BCUT2D eigenvalue weighted by atomic mass is 10.1. The van der Waals surface area contributed by atoms with Crippen LogP contribution in [0.4, 0.5) is 5.00 Å². The van der Waals surface area contributed by atoms with Crippen molar-refractivity contribution in [3.63, 3.8) is 0 Å². The van der Waals surface area contributed by atoms with Crippen molar-refractivity contribution >= 4 is 34.2 Å². The number of benzene rings is 1. The Hall–Kier alpha value is -2.67. The van der Waals surface area contributed by atoms with Gasteiger partial charge in [0.2, 0.25) is 0 Å². The molecule has 1 aliphatic carbocycles. The van der Waals surface area contributed by atoms with Gasteiger partial charge < -0.3 is 14.8 Å². The molecule has 1 amide bonds. The largest absolute Gasteiger partial charge is 0.465 e. The molecule has 28 heavy (non-hydrogen) atoms. The van der Waals surface area contributed by atoms with Gasteiger partial charge in [-0.15, -0.1) is 11.3 Å². The summed E-state index contributed by atoms with van der Waals surface area (Å²) in [4.78, 5) is 38.0. The van der Waals surface area contributed by atoms with Crippen LogP contribution in [0.25, 0.3) is 0 Å². The average Bonchev–Trinajstić information content (AvgIpc) is 2.88. The molecule has 1 aromatic heterocycles. The van der Waals surface area contributed by atoms with E-state index in [0.717, 1.165) is 42.5 Å². The maximum Gasteiger partial charge on any atom is 0.341 e. The summed E-state index contributed by atoms with van der Waals surface area (Å²) in [6.45, 7) is 2.05. The highest BCUT2D eigenvalue weighted by molar-refractivity contribution is 7.17. The Morgan fingerprint density at radius 1 is 1.00 bits per heavy atom. The molecule has 0 radical (unpaired) electrons. The third-order valence-electron chi connectivity index (χ3n) is 4.70. The molecule has 0 atom stereocenters. The van der Waals surface area contributed by atoms with Crippen molar-refractivity contribution in [3.8, 4) is 0 Å². The first-order valence-electron chi connectivity index (χ1n) is 9.36. The molecule has 1 N–H and O–H groups in total. The van der Waals surface area contributed by atoms with E-state index in [1.807, 2.05) is 0 Å². The van der Waals surface area contributed by atoms with Crippen LogP contribution >= 0.6 is 11.3 Å². The molecule has 0 saturated carbocycles. The van der Waals surface area contributed by atoms with Gasteiger partial charge in [0.1, 0.15) is 5.00 Å². The van der Waals surface area contributed by atoms with Crippen LogP contribution in [-0.4, -0.2) is 31.6 Å². The Kier molecular flexibility index (Phi) is 6.46. The minimum atomic E-state index is -0.460. The molecule has 1 aliphatic rings. The lowest BCUT2D eigenvalue weighted by Crippen LogP contribution is -2.15. The molecular weight excluding hydrogens is 378 g/mol. The van der Waals surface area contributed by atoms with Crippen LogP contribution in [-0.2, 0) is 22.3 Å². The quantitative estimate of drug-likeness (QED) is 0.599. The molecular formula is C21H23NO5S. The number of carbonyl (C=O) groups is 3. The van der Waals surface area contributed by atoms with Gasteiger partial charge in [0.25, 0.3) is 5.91 Å². The molecule has 0 saturated heterocycles. The van der Waals surface area contributed by atoms with Crippen LogP contribution in [0.2, 0.25) is 0 Å². The molecule has 0 unspecified atom stereocenters. The molecule has 0 aliphatic heterocycles. The van der Waals surface area contributed by atoms with Crippen LogP contribution in [0.1, 0.15) is 67.7 Å². The van der Waals surface area contributed by atoms with E-state index in [4.69, 9.17) is 4.74 Å². The van der Waals surface area contributed by atoms with Gasteiger partial charge in [-0.1, -0.05) is 6.42 Å². The highest BCUT2D eigenvalue weighted by Gasteiger charge is 2.26. The summed E-state index contributed by atoms with van der Waals surface area (Å²) < 4.78 is 9.91. The lowest BCUT2D eigenvalue weighted by Gasteiger charge is -2.09. The molecule has 1 aromatic carbocycles. The molecule has 3 rings (SSSR count). The number of amides is 1. The number of aryl methyl sites for hydroxylation is 1. The first-order valence-corrected chi connectivity index (χ1v) is 10.2. The molecule has 1 heterocycles. The van der Waals surface area contributed by atoms with Crippen LogP contribution in [0.5, 0.6) is 0 Å². The summed E-state index contributed by atoms with van der Waals surface area (Å²) in [6.07, 6.45) is 4.98. The number of fused-ring (bicyclic) bond motifs is 1. The van der Waals surface area contributed by atoms with E-state index in [-0.39, 0.29) is 12.5 Å². The summed E-state index contributed by atoms with van der Waals surface area (Å²) >= 11 is 1.46. The van der Waals surface area contributed by atoms with E-state index in [0.29, 0.717) is 21.7 Å². The highest BCUT2D eigenvalue weighted by atomic mass is 32.1. The molecule has 0 spiro atoms. The van der Waals surface area contributed by atoms with Crippen molar-refractivity contribution in [1.29, 1.82) is 0 Å². The van der Waals surface area contributed by atoms with Crippen LogP contribution in [0.15, 0.2) is 24.3 Å². The maximum absolute atomic E-state index is 12.7. The van der Waals surface area contributed by atoms with Crippen LogP contribution in [0.3, 0.4) is 0 Å². The zero-order valence-electron chi connectivity index (χ0n) is 16.0. The molecule has 6 nitrogen and oxygen atoms in total. The van der Waals surface area contributed by atoms with E-state index in [9.17, 15) is 14.4 Å². The summed E-state index contributed by atoms with van der Waals surface area (Å²) in [5, 5.41) is 3.40. The topological polar surface area (TPSA) is 81.7 Å². The Balaban J connectivity index is 1.87. The molecule has 0 fully saturated rings. The van der Waals surface area contributed by atoms with E-state index in [1.165, 1.54) is 30.6 Å². The molecule has 7 heteroatoms. The van der Waals surface area contributed by atoms with Gasteiger partial charge in [-0.2, -0.15) is 0 Å². The van der Waals surface area contributed by atoms with Crippen molar-refractivity contribution in [2.24, 2.45) is 0 Å². The van der Waals surface area contributed by atoms with Gasteiger partial charge in [-0.05, 0) is 62.4 Å². The molecule has 148 valence electrons. The third-order valence-corrected chi connectivity index (χ3v) is 5.90. The highest BCUT2D eigenvalue weighted by Crippen LogP contribution is 2.38. The standard InChI is InChI=1S/C21H23NO5S/c1-3-27-21(25)17-15-7-5-4-6-8-16(15)28-19(17)22-18(23)13-9-11-14(12-10-13)20(24)26-2/h9-12H,3-8H2,1-2H3,(H,22,23). The Labute approximate surface area is 167 Å². The summed E-state index contributed by atoms with van der Waals surface area (Å²) in [7, 11) is 1.31. The van der Waals surface area contributed by atoms with Gasteiger partial charge in [0.15, 0.2) is 0 Å². The zero-order chi connectivity index (χ0) is 20.1. The lowest BCUT2D eigenvalue weighted by molar-refractivity contribution is 0.0525. The van der Waals surface area contributed by atoms with Gasteiger partial charge in [-0.25, -0.2) is 9.59 Å². The Bertz CT molecular complexity index is 885. The number of rotatable bonds is 5. The van der Waals surface area contributed by atoms with Crippen molar-refractivity contribution in [3.05, 3.63) is 51.4 Å². The number of esters is 2. The minimum Gasteiger partial charge on any atom is -0.465 e. The smallest absolute Gasteiger partial charge is 0.341 e. The summed E-state index contributed by atoms with van der Waals surface area (Å²) in [5.74, 6) is -1.19. The van der Waals surface area contributed by atoms with E-state index in [1.54, 1.807) is 19.1 Å². The normalized spacial score (nSPS) is 13.2. The van der Waals surface area contributed by atoms with Crippen molar-refractivity contribution < 1.29 is 23.9 Å². The first-order chi connectivity index (χ1) is 13.5. The fourth-order valence-corrected chi connectivity index (χ4v) is 4.57. The van der Waals surface area contributed by atoms with Crippen LogP contribution < -0.4 is 5.32 Å². The van der Waals surface area contributed by atoms with Crippen molar-refractivity contribution in [2.45, 2.75) is 39.0 Å². The first kappa shape index (κ1) is 20.1. The van der Waals surface area contributed by atoms with Gasteiger partial charge >= 0.3 is 11.9 Å². The number of hydrogen-bond acceptors (Lipinski definition) is 6. The Morgan fingerprint density at radius 2 is 1.68 bits per heavy atom. The second kappa shape index (κ2) is 9.01. The SMILES string of the molecule is CCOC(=O)c1c(NC(=O)c2ccc(C(=O)OC)cc2)sc2c1CCCCC2. The third kappa shape index (κ3) is 4.25. The second-order valence-electron chi connectivity index (χ2n) is 6.51. The number of carbonyl (C=O) groups excluding carboxylic acids is 3. The monoisotopic (exact) mass is 401 g/mol. The molecule has 2 aromatic rings. The number of methoxy groups -OCH3 is 1. The predicted molar refractivity (Wildman–Crippen MR) is 107 cm³/mol. The number of nitrogens with one attached hydrogen (secondary N) is 1.